The number of rotatable bonds is 3. The summed E-state index contributed by atoms with van der Waals surface area (Å²) >= 11 is 1.58. The number of aryl methyl sites for hydroxylation is 1. The third kappa shape index (κ3) is 3.46. The lowest BCUT2D eigenvalue weighted by molar-refractivity contribution is 0.595. The normalized spacial score (nSPS) is 14.4. The standard InChI is InChI=1S/C8H13NO2S2/c1-6-3-7(4-12-6)8(9)5-13(2,10)11/h3-4,8H,5,9H2,1-2H3. The maximum absolute atomic E-state index is 10.9. The van der Waals surface area contributed by atoms with Gasteiger partial charge in [0.1, 0.15) is 9.84 Å². The highest BCUT2D eigenvalue weighted by Gasteiger charge is 2.13. The van der Waals surface area contributed by atoms with E-state index in [4.69, 9.17) is 5.73 Å². The first-order valence-corrected chi connectivity index (χ1v) is 6.81. The van der Waals surface area contributed by atoms with Gasteiger partial charge in [0.05, 0.1) is 5.75 Å². The van der Waals surface area contributed by atoms with Crippen molar-refractivity contribution < 1.29 is 8.42 Å². The fourth-order valence-corrected chi connectivity index (χ4v) is 2.69. The van der Waals surface area contributed by atoms with Crippen LogP contribution in [-0.4, -0.2) is 20.4 Å². The van der Waals surface area contributed by atoms with E-state index in [1.54, 1.807) is 11.3 Å². The van der Waals surface area contributed by atoms with E-state index in [1.807, 2.05) is 18.4 Å². The number of hydrogen-bond donors (Lipinski definition) is 1. The van der Waals surface area contributed by atoms with Gasteiger partial charge in [-0.05, 0) is 23.9 Å². The van der Waals surface area contributed by atoms with Crippen molar-refractivity contribution in [2.75, 3.05) is 12.0 Å². The predicted octanol–water partition coefficient (Wildman–Crippen LogP) is 1.10. The first-order chi connectivity index (χ1) is 5.88. The number of sulfone groups is 1. The number of hydrogen-bond acceptors (Lipinski definition) is 4. The van der Waals surface area contributed by atoms with Gasteiger partial charge < -0.3 is 5.73 Å². The Hall–Kier alpha value is -0.390. The second-order valence-corrected chi connectivity index (χ2v) is 6.49. The zero-order valence-electron chi connectivity index (χ0n) is 7.65. The molecule has 0 aliphatic rings. The molecular weight excluding hydrogens is 206 g/mol. The van der Waals surface area contributed by atoms with Crippen molar-refractivity contribution in [1.82, 2.24) is 0 Å². The van der Waals surface area contributed by atoms with Gasteiger partial charge in [-0.3, -0.25) is 0 Å². The van der Waals surface area contributed by atoms with Gasteiger partial charge in [0, 0.05) is 17.2 Å². The van der Waals surface area contributed by atoms with Gasteiger partial charge in [0.15, 0.2) is 0 Å². The lowest BCUT2D eigenvalue weighted by Gasteiger charge is -2.07. The molecule has 0 bridgehead atoms. The van der Waals surface area contributed by atoms with Crippen LogP contribution in [0.1, 0.15) is 16.5 Å². The summed E-state index contributed by atoms with van der Waals surface area (Å²) < 4.78 is 21.9. The molecule has 0 saturated heterocycles. The van der Waals surface area contributed by atoms with Gasteiger partial charge in [-0.15, -0.1) is 11.3 Å². The highest BCUT2D eigenvalue weighted by Crippen LogP contribution is 2.19. The number of nitrogens with two attached hydrogens (primary N) is 1. The highest BCUT2D eigenvalue weighted by atomic mass is 32.2. The minimum atomic E-state index is -2.98. The molecule has 1 aromatic heterocycles. The third-order valence-electron chi connectivity index (χ3n) is 1.66. The van der Waals surface area contributed by atoms with Gasteiger partial charge in [0.25, 0.3) is 0 Å². The zero-order chi connectivity index (χ0) is 10.1. The molecule has 74 valence electrons. The molecule has 5 heteroatoms. The third-order valence-corrected chi connectivity index (χ3v) is 3.51. The first-order valence-electron chi connectivity index (χ1n) is 3.87. The second-order valence-electron chi connectivity index (χ2n) is 3.19. The Kier molecular flexibility index (Phi) is 3.10. The molecule has 0 aromatic carbocycles. The van der Waals surface area contributed by atoms with E-state index in [1.165, 1.54) is 6.26 Å². The predicted molar refractivity (Wildman–Crippen MR) is 55.7 cm³/mol. The molecule has 1 aromatic rings. The lowest BCUT2D eigenvalue weighted by Crippen LogP contribution is -2.20. The Labute approximate surface area is 82.5 Å². The summed E-state index contributed by atoms with van der Waals surface area (Å²) in [6, 6.07) is 1.54. The quantitative estimate of drug-likeness (QED) is 0.828. The fourth-order valence-electron chi connectivity index (χ4n) is 1.08. The summed E-state index contributed by atoms with van der Waals surface area (Å²) in [6.45, 7) is 1.97. The minimum Gasteiger partial charge on any atom is -0.323 e. The molecule has 0 aliphatic heterocycles. The second kappa shape index (κ2) is 3.77. The maximum atomic E-state index is 10.9. The van der Waals surface area contributed by atoms with Crippen LogP contribution in [0.15, 0.2) is 11.4 Å². The van der Waals surface area contributed by atoms with E-state index in [-0.39, 0.29) is 11.8 Å². The average molecular weight is 219 g/mol. The van der Waals surface area contributed by atoms with Crippen molar-refractivity contribution in [2.45, 2.75) is 13.0 Å². The van der Waals surface area contributed by atoms with Crippen molar-refractivity contribution in [3.63, 3.8) is 0 Å². The van der Waals surface area contributed by atoms with E-state index in [0.29, 0.717) is 0 Å². The maximum Gasteiger partial charge on any atom is 0.149 e. The smallest absolute Gasteiger partial charge is 0.149 e. The van der Waals surface area contributed by atoms with E-state index in [9.17, 15) is 8.42 Å². The van der Waals surface area contributed by atoms with Crippen molar-refractivity contribution in [3.8, 4) is 0 Å². The van der Waals surface area contributed by atoms with Crippen LogP contribution >= 0.6 is 11.3 Å². The molecular formula is C8H13NO2S2. The Morgan fingerprint density at radius 1 is 1.62 bits per heavy atom. The highest BCUT2D eigenvalue weighted by molar-refractivity contribution is 7.90. The molecule has 0 amide bonds. The topological polar surface area (TPSA) is 60.2 Å². The molecule has 0 aliphatic carbocycles. The van der Waals surface area contributed by atoms with E-state index >= 15 is 0 Å². The molecule has 1 atom stereocenters. The van der Waals surface area contributed by atoms with Crippen LogP contribution in [0.25, 0.3) is 0 Å². The molecule has 0 spiro atoms. The summed E-state index contributed by atoms with van der Waals surface area (Å²) in [7, 11) is -2.98. The Morgan fingerprint density at radius 3 is 2.62 bits per heavy atom. The molecule has 0 radical (unpaired) electrons. The summed E-state index contributed by atoms with van der Waals surface area (Å²) in [5.41, 5.74) is 6.63. The van der Waals surface area contributed by atoms with Crippen molar-refractivity contribution in [2.24, 2.45) is 5.73 Å². The number of thiophene rings is 1. The summed E-state index contributed by atoms with van der Waals surface area (Å²) in [5, 5.41) is 1.91. The van der Waals surface area contributed by atoms with E-state index < -0.39 is 9.84 Å². The van der Waals surface area contributed by atoms with Crippen LogP contribution in [0.4, 0.5) is 0 Å². The molecule has 3 nitrogen and oxygen atoms in total. The Balaban J connectivity index is 2.75. The van der Waals surface area contributed by atoms with Crippen LogP contribution in [0.5, 0.6) is 0 Å². The van der Waals surface area contributed by atoms with Gasteiger partial charge in [-0.25, -0.2) is 8.42 Å². The average Bonchev–Trinajstić information content (AvgIpc) is 2.31. The van der Waals surface area contributed by atoms with Gasteiger partial charge in [-0.2, -0.15) is 0 Å². The molecule has 1 heterocycles. The fraction of sp³-hybridized carbons (Fsp3) is 0.500. The summed E-state index contributed by atoms with van der Waals surface area (Å²) in [6.07, 6.45) is 1.20. The largest absolute Gasteiger partial charge is 0.323 e. The van der Waals surface area contributed by atoms with Crippen molar-refractivity contribution in [1.29, 1.82) is 0 Å². The lowest BCUT2D eigenvalue weighted by atomic mass is 10.2. The van der Waals surface area contributed by atoms with Crippen LogP contribution in [0.2, 0.25) is 0 Å². The van der Waals surface area contributed by atoms with Crippen LogP contribution in [0.3, 0.4) is 0 Å². The van der Waals surface area contributed by atoms with E-state index in [2.05, 4.69) is 0 Å². The minimum absolute atomic E-state index is 0.0170. The molecule has 2 N–H and O–H groups in total. The van der Waals surface area contributed by atoms with Crippen LogP contribution in [0, 0.1) is 6.92 Å². The Bertz CT molecular complexity index is 381. The van der Waals surface area contributed by atoms with Crippen molar-refractivity contribution in [3.05, 3.63) is 21.9 Å². The zero-order valence-corrected chi connectivity index (χ0v) is 9.28. The first kappa shape index (κ1) is 10.7. The molecule has 1 unspecified atom stereocenters. The monoisotopic (exact) mass is 219 g/mol. The van der Waals surface area contributed by atoms with Gasteiger partial charge in [-0.1, -0.05) is 0 Å². The molecule has 1 rings (SSSR count). The van der Waals surface area contributed by atoms with E-state index in [0.717, 1.165) is 10.4 Å². The van der Waals surface area contributed by atoms with Crippen LogP contribution in [-0.2, 0) is 9.84 Å². The van der Waals surface area contributed by atoms with Gasteiger partial charge in [0.2, 0.25) is 0 Å². The molecule has 0 saturated carbocycles. The molecule has 13 heavy (non-hydrogen) atoms. The SMILES string of the molecule is Cc1cc(C(N)CS(C)(=O)=O)cs1. The van der Waals surface area contributed by atoms with Gasteiger partial charge >= 0.3 is 0 Å². The summed E-state index contributed by atoms with van der Waals surface area (Å²) in [4.78, 5) is 1.15. The van der Waals surface area contributed by atoms with Crippen LogP contribution < -0.4 is 5.73 Å². The Morgan fingerprint density at radius 2 is 2.23 bits per heavy atom. The summed E-state index contributed by atoms with van der Waals surface area (Å²) in [5.74, 6) is 0.0170. The molecule has 0 fully saturated rings. The van der Waals surface area contributed by atoms with Crippen molar-refractivity contribution >= 4 is 21.2 Å².